The minimum atomic E-state index is -0.963. The molecular weight excluding hydrogens is 192 g/mol. The van der Waals surface area contributed by atoms with Gasteiger partial charge in [-0.05, 0) is 13.8 Å². The van der Waals surface area contributed by atoms with E-state index in [2.05, 4.69) is 10.3 Å². The summed E-state index contributed by atoms with van der Waals surface area (Å²) in [5.74, 6) is -0.245. The number of nitrogens with zero attached hydrogens (tertiary/aromatic N) is 3. The monoisotopic (exact) mass is 206 g/mol. The highest BCUT2D eigenvalue weighted by atomic mass is 16.2. The lowest BCUT2D eigenvalue weighted by molar-refractivity contribution is -0.126. The first kappa shape index (κ1) is 11.2. The topological polar surface area (TPSA) is 70.7 Å². The van der Waals surface area contributed by atoms with E-state index in [1.807, 2.05) is 16.8 Å². The van der Waals surface area contributed by atoms with Gasteiger partial charge in [-0.1, -0.05) is 0 Å². The normalized spacial score (nSPS) is 10.7. The predicted molar refractivity (Wildman–Crippen MR) is 54.6 cm³/mol. The minimum absolute atomic E-state index is 0.245. The van der Waals surface area contributed by atoms with Crippen molar-refractivity contribution in [1.82, 2.24) is 14.9 Å². The Morgan fingerprint density at radius 2 is 2.40 bits per heavy atom. The molecule has 1 heterocycles. The van der Waals surface area contributed by atoms with Crippen LogP contribution in [0.3, 0.4) is 0 Å². The maximum Gasteiger partial charge on any atom is 0.239 e. The molecule has 0 saturated carbocycles. The summed E-state index contributed by atoms with van der Waals surface area (Å²) in [7, 11) is 0. The van der Waals surface area contributed by atoms with Gasteiger partial charge in [0, 0.05) is 25.5 Å². The van der Waals surface area contributed by atoms with Gasteiger partial charge >= 0.3 is 0 Å². The van der Waals surface area contributed by atoms with Crippen molar-refractivity contribution >= 4 is 5.91 Å². The number of nitriles is 1. The van der Waals surface area contributed by atoms with Gasteiger partial charge in [-0.3, -0.25) is 4.79 Å². The fraction of sp³-hybridized carbons (Fsp3) is 0.500. The Hall–Kier alpha value is -1.83. The molecule has 0 aliphatic rings. The number of hydrogen-bond acceptors (Lipinski definition) is 3. The molecule has 15 heavy (non-hydrogen) atoms. The fourth-order valence-electron chi connectivity index (χ4n) is 0.989. The van der Waals surface area contributed by atoms with E-state index >= 15 is 0 Å². The Balaban J connectivity index is 2.33. The van der Waals surface area contributed by atoms with Gasteiger partial charge < -0.3 is 9.88 Å². The van der Waals surface area contributed by atoms with Crippen LogP contribution in [0, 0.1) is 16.7 Å². The van der Waals surface area contributed by atoms with Crippen molar-refractivity contribution < 1.29 is 4.79 Å². The van der Waals surface area contributed by atoms with Crippen molar-refractivity contribution in [2.45, 2.75) is 20.4 Å². The molecule has 0 aliphatic heterocycles. The SMILES string of the molecule is CC(C)(C#N)C(=O)NCCn1ccnc1. The van der Waals surface area contributed by atoms with E-state index in [0.717, 1.165) is 0 Å². The molecule has 0 aromatic carbocycles. The molecule has 0 saturated heterocycles. The van der Waals surface area contributed by atoms with Gasteiger partial charge in [0.15, 0.2) is 0 Å². The Morgan fingerprint density at radius 3 is 2.93 bits per heavy atom. The van der Waals surface area contributed by atoms with Crippen LogP contribution in [0.4, 0.5) is 0 Å². The highest BCUT2D eigenvalue weighted by Gasteiger charge is 2.26. The number of amides is 1. The van der Waals surface area contributed by atoms with Crippen molar-refractivity contribution in [1.29, 1.82) is 5.26 Å². The molecule has 80 valence electrons. The van der Waals surface area contributed by atoms with Crippen LogP contribution in [0.15, 0.2) is 18.7 Å². The standard InChI is InChI=1S/C10H14N4O/c1-10(2,7-11)9(15)13-4-6-14-5-3-12-8-14/h3,5,8H,4,6H2,1-2H3,(H,13,15). The van der Waals surface area contributed by atoms with E-state index in [1.165, 1.54) is 0 Å². The lowest BCUT2D eigenvalue weighted by atomic mass is 9.95. The number of rotatable bonds is 4. The van der Waals surface area contributed by atoms with Crippen LogP contribution in [0.5, 0.6) is 0 Å². The molecule has 1 aromatic heterocycles. The molecular formula is C10H14N4O. The Kier molecular flexibility index (Phi) is 3.45. The molecule has 1 rings (SSSR count). The van der Waals surface area contributed by atoms with Crippen molar-refractivity contribution in [2.24, 2.45) is 5.41 Å². The van der Waals surface area contributed by atoms with Gasteiger partial charge in [-0.2, -0.15) is 5.26 Å². The lowest BCUT2D eigenvalue weighted by Gasteiger charge is -2.14. The molecule has 0 fully saturated rings. The summed E-state index contributed by atoms with van der Waals surface area (Å²) in [6.07, 6.45) is 5.18. The van der Waals surface area contributed by atoms with Crippen molar-refractivity contribution in [3.63, 3.8) is 0 Å². The van der Waals surface area contributed by atoms with Gasteiger partial charge in [0.05, 0.1) is 12.4 Å². The number of imidazole rings is 1. The third-order valence-corrected chi connectivity index (χ3v) is 2.06. The minimum Gasteiger partial charge on any atom is -0.353 e. The number of carbonyl (C=O) groups excluding carboxylic acids is 1. The van der Waals surface area contributed by atoms with E-state index in [-0.39, 0.29) is 5.91 Å². The second-order valence-corrected chi connectivity index (χ2v) is 3.79. The van der Waals surface area contributed by atoms with Crippen LogP contribution < -0.4 is 5.32 Å². The summed E-state index contributed by atoms with van der Waals surface area (Å²) in [6, 6.07) is 1.95. The molecule has 1 amide bonds. The zero-order valence-electron chi connectivity index (χ0n) is 8.90. The number of carbonyl (C=O) groups is 1. The van der Waals surface area contributed by atoms with Crippen LogP contribution in [0.1, 0.15) is 13.8 Å². The molecule has 5 heteroatoms. The van der Waals surface area contributed by atoms with Crippen LogP contribution in [-0.4, -0.2) is 22.0 Å². The average molecular weight is 206 g/mol. The van der Waals surface area contributed by atoms with Crippen molar-refractivity contribution in [2.75, 3.05) is 6.54 Å². The van der Waals surface area contributed by atoms with E-state index in [1.54, 1.807) is 26.4 Å². The molecule has 1 N–H and O–H groups in total. The summed E-state index contributed by atoms with van der Waals surface area (Å²) >= 11 is 0. The van der Waals surface area contributed by atoms with Crippen LogP contribution in [0.2, 0.25) is 0 Å². The average Bonchev–Trinajstić information content (AvgIpc) is 2.70. The van der Waals surface area contributed by atoms with E-state index in [9.17, 15) is 4.79 Å². The molecule has 1 aromatic rings. The molecule has 0 radical (unpaired) electrons. The maximum atomic E-state index is 11.5. The van der Waals surface area contributed by atoms with E-state index in [0.29, 0.717) is 13.1 Å². The third-order valence-electron chi connectivity index (χ3n) is 2.06. The van der Waals surface area contributed by atoms with Gasteiger partial charge in [0.1, 0.15) is 5.41 Å². The summed E-state index contributed by atoms with van der Waals surface area (Å²) in [5, 5.41) is 11.4. The molecule has 0 spiro atoms. The number of aromatic nitrogens is 2. The summed E-state index contributed by atoms with van der Waals surface area (Å²) in [4.78, 5) is 15.3. The molecule has 0 bridgehead atoms. The van der Waals surface area contributed by atoms with Crippen LogP contribution >= 0.6 is 0 Å². The second-order valence-electron chi connectivity index (χ2n) is 3.79. The highest BCUT2D eigenvalue weighted by molar-refractivity contribution is 5.84. The van der Waals surface area contributed by atoms with Crippen molar-refractivity contribution in [3.05, 3.63) is 18.7 Å². The van der Waals surface area contributed by atoms with Gasteiger partial charge in [-0.25, -0.2) is 4.98 Å². The second kappa shape index (κ2) is 4.60. The molecule has 0 unspecified atom stereocenters. The highest BCUT2D eigenvalue weighted by Crippen LogP contribution is 2.12. The smallest absolute Gasteiger partial charge is 0.239 e. The van der Waals surface area contributed by atoms with Crippen molar-refractivity contribution in [3.8, 4) is 6.07 Å². The Labute approximate surface area is 88.7 Å². The first-order chi connectivity index (χ1) is 7.06. The Morgan fingerprint density at radius 1 is 1.67 bits per heavy atom. The predicted octanol–water partition coefficient (Wildman–Crippen LogP) is 0.549. The van der Waals surface area contributed by atoms with Crippen LogP contribution in [-0.2, 0) is 11.3 Å². The maximum absolute atomic E-state index is 11.5. The summed E-state index contributed by atoms with van der Waals surface area (Å²) < 4.78 is 1.86. The first-order valence-electron chi connectivity index (χ1n) is 4.71. The molecule has 5 nitrogen and oxygen atoms in total. The van der Waals surface area contributed by atoms with Gasteiger partial charge in [-0.15, -0.1) is 0 Å². The zero-order valence-corrected chi connectivity index (χ0v) is 8.90. The van der Waals surface area contributed by atoms with E-state index in [4.69, 9.17) is 5.26 Å². The third kappa shape index (κ3) is 3.09. The molecule has 0 aliphatic carbocycles. The van der Waals surface area contributed by atoms with Gasteiger partial charge in [0.25, 0.3) is 0 Å². The first-order valence-corrected chi connectivity index (χ1v) is 4.71. The molecule has 0 atom stereocenters. The largest absolute Gasteiger partial charge is 0.353 e. The summed E-state index contributed by atoms with van der Waals surface area (Å²) in [6.45, 7) is 4.35. The number of hydrogen-bond donors (Lipinski definition) is 1. The van der Waals surface area contributed by atoms with Gasteiger partial charge in [0.2, 0.25) is 5.91 Å². The lowest BCUT2D eigenvalue weighted by Crippen LogP contribution is -2.37. The van der Waals surface area contributed by atoms with Crippen LogP contribution in [0.25, 0.3) is 0 Å². The zero-order chi connectivity index (χ0) is 11.3. The quantitative estimate of drug-likeness (QED) is 0.782. The number of nitrogens with one attached hydrogen (secondary N) is 1. The Bertz CT molecular complexity index is 361. The fourth-order valence-corrected chi connectivity index (χ4v) is 0.989. The van der Waals surface area contributed by atoms with E-state index < -0.39 is 5.41 Å². The summed E-state index contributed by atoms with van der Waals surface area (Å²) in [5.41, 5.74) is -0.963.